The van der Waals surface area contributed by atoms with Crippen molar-refractivity contribution in [2.24, 2.45) is 5.92 Å². The predicted octanol–water partition coefficient (Wildman–Crippen LogP) is 3.83. The normalized spacial score (nSPS) is 19.3. The average molecular weight is 577 g/mol. The van der Waals surface area contributed by atoms with E-state index in [-0.39, 0.29) is 5.91 Å². The molecule has 0 saturated carbocycles. The lowest BCUT2D eigenvalue weighted by molar-refractivity contribution is -0.145. The summed E-state index contributed by atoms with van der Waals surface area (Å²) < 4.78 is 0. The van der Waals surface area contributed by atoms with Crippen molar-refractivity contribution in [3.63, 3.8) is 0 Å². The molecule has 2 fully saturated rings. The van der Waals surface area contributed by atoms with Gasteiger partial charge in [-0.2, -0.15) is 0 Å². The summed E-state index contributed by atoms with van der Waals surface area (Å²) in [5.74, 6) is -2.13. The third kappa shape index (κ3) is 5.57. The highest BCUT2D eigenvalue weighted by atomic mass is 16.7. The first-order valence-electron chi connectivity index (χ1n) is 13.7. The lowest BCUT2D eigenvalue weighted by atomic mass is 9.90. The van der Waals surface area contributed by atoms with Crippen LogP contribution in [0.4, 0.5) is 17.3 Å². The first-order chi connectivity index (χ1) is 20.8. The van der Waals surface area contributed by atoms with E-state index in [2.05, 4.69) is 20.6 Å². The molecule has 2 saturated heterocycles. The van der Waals surface area contributed by atoms with Crippen LogP contribution in [0.25, 0.3) is 0 Å². The third-order valence-corrected chi connectivity index (χ3v) is 7.32. The van der Waals surface area contributed by atoms with Crippen LogP contribution in [0, 0.1) is 19.8 Å². The monoisotopic (exact) mass is 576 g/mol. The molecule has 2 aromatic heterocycles. The van der Waals surface area contributed by atoms with Crippen LogP contribution in [0.2, 0.25) is 0 Å². The fraction of sp³-hybridized carbons (Fsp3) is 0.188. The van der Waals surface area contributed by atoms with Gasteiger partial charge in [0.05, 0.1) is 11.7 Å². The summed E-state index contributed by atoms with van der Waals surface area (Å²) >= 11 is 0. The van der Waals surface area contributed by atoms with Crippen LogP contribution in [-0.4, -0.2) is 51.1 Å². The number of anilines is 3. The van der Waals surface area contributed by atoms with Gasteiger partial charge in [0, 0.05) is 17.0 Å². The number of likely N-dealkylation sites (tertiary alicyclic amines) is 1. The van der Waals surface area contributed by atoms with E-state index in [0.29, 0.717) is 34.1 Å². The number of hydrogen-bond donors (Lipinski definition) is 2. The maximum atomic E-state index is 13.7. The van der Waals surface area contributed by atoms with Gasteiger partial charge in [-0.15, -0.1) is 0 Å². The van der Waals surface area contributed by atoms with Crippen LogP contribution < -0.4 is 15.7 Å². The van der Waals surface area contributed by atoms with Crippen LogP contribution in [-0.2, 0) is 19.2 Å². The Morgan fingerprint density at radius 2 is 1.40 bits per heavy atom. The molecule has 2 aliphatic heterocycles. The number of para-hydroxylation sites is 1. The Morgan fingerprint density at radius 1 is 0.767 bits per heavy atom. The zero-order valence-electron chi connectivity index (χ0n) is 23.4. The second-order valence-electron chi connectivity index (χ2n) is 10.4. The summed E-state index contributed by atoms with van der Waals surface area (Å²) in [5, 5.41) is 6.99. The number of imide groups is 1. The molecule has 0 bridgehead atoms. The topological polar surface area (TPSA) is 134 Å². The zero-order chi connectivity index (χ0) is 30.1. The molecule has 4 aromatic rings. The number of benzene rings is 2. The molecule has 0 unspecified atom stereocenters. The van der Waals surface area contributed by atoms with Crippen LogP contribution in [0.1, 0.15) is 33.4 Å². The Balaban J connectivity index is 1.25. The molecule has 2 aromatic carbocycles. The van der Waals surface area contributed by atoms with E-state index < -0.39 is 42.3 Å². The van der Waals surface area contributed by atoms with Gasteiger partial charge in [-0.1, -0.05) is 42.5 Å². The van der Waals surface area contributed by atoms with Crippen LogP contribution >= 0.6 is 0 Å². The molecule has 3 atom stereocenters. The van der Waals surface area contributed by atoms with Crippen LogP contribution in [0.15, 0.2) is 91.0 Å². The fourth-order valence-electron chi connectivity index (χ4n) is 5.34. The fourth-order valence-corrected chi connectivity index (χ4v) is 5.34. The van der Waals surface area contributed by atoms with Gasteiger partial charge in [0.15, 0.2) is 6.10 Å². The zero-order valence-corrected chi connectivity index (χ0v) is 23.4. The molecule has 0 aliphatic carbocycles. The molecule has 11 heteroatoms. The molecule has 2 aliphatic rings. The predicted molar refractivity (Wildman–Crippen MR) is 158 cm³/mol. The Morgan fingerprint density at radius 3 is 2.02 bits per heavy atom. The lowest BCUT2D eigenvalue weighted by Crippen LogP contribution is -2.41. The van der Waals surface area contributed by atoms with Crippen molar-refractivity contribution >= 4 is 41.0 Å². The van der Waals surface area contributed by atoms with Crippen molar-refractivity contribution in [2.45, 2.75) is 26.0 Å². The Hall–Kier alpha value is -5.42. The molecule has 0 radical (unpaired) electrons. The van der Waals surface area contributed by atoms with E-state index in [4.69, 9.17) is 4.84 Å². The Labute approximate surface area is 247 Å². The second kappa shape index (κ2) is 11.5. The van der Waals surface area contributed by atoms with Gasteiger partial charge in [-0.05, 0) is 67.9 Å². The number of nitrogens with zero attached hydrogens (tertiary/aromatic N) is 4. The van der Waals surface area contributed by atoms with Crippen molar-refractivity contribution < 1.29 is 24.0 Å². The van der Waals surface area contributed by atoms with E-state index in [9.17, 15) is 19.2 Å². The van der Waals surface area contributed by atoms with E-state index in [0.717, 1.165) is 10.6 Å². The van der Waals surface area contributed by atoms with Crippen LogP contribution in [0.5, 0.6) is 0 Å². The number of nitrogens with one attached hydrogen (secondary N) is 2. The molecule has 0 spiro atoms. The number of aryl methyl sites for hydroxylation is 2. The first-order valence-corrected chi connectivity index (χ1v) is 13.7. The second-order valence-corrected chi connectivity index (χ2v) is 10.4. The van der Waals surface area contributed by atoms with Gasteiger partial charge in [-0.25, -0.2) is 15.0 Å². The summed E-state index contributed by atoms with van der Waals surface area (Å²) in [6, 6.07) is 25.8. The van der Waals surface area contributed by atoms with Gasteiger partial charge >= 0.3 is 0 Å². The Kier molecular flexibility index (Phi) is 7.39. The quantitative estimate of drug-likeness (QED) is 0.317. The standard InChI is InChI=1S/C32H28N6O5/c1-19-8-6-12-24(33-19)35-26(39)18-37-31(41)27-28(38(43-29(27)32(37)42)23-10-4-3-5-11-23)21-14-16-22(17-15-21)30(40)36-25-13-7-9-20(2)34-25/h3-17,27-29H,18H2,1-2H3,(H,33,35,39)(H,34,36,40)/t27-,28-,29+/m1/s1. The van der Waals surface area contributed by atoms with E-state index in [1.54, 1.807) is 60.5 Å². The number of hydrogen-bond acceptors (Lipinski definition) is 8. The van der Waals surface area contributed by atoms with Crippen LogP contribution in [0.3, 0.4) is 0 Å². The summed E-state index contributed by atoms with van der Waals surface area (Å²) in [7, 11) is 0. The van der Waals surface area contributed by atoms with E-state index in [1.807, 2.05) is 49.4 Å². The Bertz CT molecular complexity index is 1710. The molecule has 6 rings (SSSR count). The molecule has 4 amide bonds. The number of aromatic nitrogens is 2. The first kappa shape index (κ1) is 27.7. The highest BCUT2D eigenvalue weighted by Crippen LogP contribution is 2.46. The van der Waals surface area contributed by atoms with Gasteiger partial charge in [0.2, 0.25) is 11.8 Å². The smallest absolute Gasteiger partial charge is 0.262 e. The third-order valence-electron chi connectivity index (χ3n) is 7.32. The SMILES string of the molecule is Cc1cccc(NC(=O)CN2C(=O)[C@H]3[C@H](ON(c4ccccc4)[C@@H]3c3ccc(C(=O)Nc4cccc(C)n4)cc3)C2=O)n1. The molecule has 2 N–H and O–H groups in total. The maximum Gasteiger partial charge on any atom is 0.262 e. The number of amides is 4. The number of carbonyl (C=O) groups is 4. The highest BCUT2D eigenvalue weighted by Gasteiger charge is 2.60. The van der Waals surface area contributed by atoms with Crippen molar-refractivity contribution in [3.8, 4) is 0 Å². The summed E-state index contributed by atoms with van der Waals surface area (Å²) in [4.78, 5) is 68.5. The summed E-state index contributed by atoms with van der Waals surface area (Å²) in [5.41, 5.74) is 3.21. The molecule has 4 heterocycles. The van der Waals surface area contributed by atoms with Crippen molar-refractivity contribution in [1.82, 2.24) is 14.9 Å². The highest BCUT2D eigenvalue weighted by molar-refractivity contribution is 6.10. The molecule has 216 valence electrons. The van der Waals surface area contributed by atoms with Gasteiger partial charge < -0.3 is 10.6 Å². The number of hydroxylamine groups is 1. The van der Waals surface area contributed by atoms with Crippen molar-refractivity contribution in [1.29, 1.82) is 0 Å². The number of fused-ring (bicyclic) bond motifs is 1. The molecule has 43 heavy (non-hydrogen) atoms. The molecule has 11 nitrogen and oxygen atoms in total. The largest absolute Gasteiger partial charge is 0.309 e. The van der Waals surface area contributed by atoms with E-state index >= 15 is 0 Å². The number of rotatable bonds is 7. The van der Waals surface area contributed by atoms with Gasteiger partial charge in [0.25, 0.3) is 11.8 Å². The number of carbonyl (C=O) groups excluding carboxylic acids is 4. The molecular weight excluding hydrogens is 548 g/mol. The summed E-state index contributed by atoms with van der Waals surface area (Å²) in [6.07, 6.45) is -1.11. The summed E-state index contributed by atoms with van der Waals surface area (Å²) in [6.45, 7) is 3.16. The van der Waals surface area contributed by atoms with Gasteiger partial charge in [0.1, 0.15) is 24.1 Å². The molecular formula is C32H28N6O5. The van der Waals surface area contributed by atoms with E-state index in [1.165, 1.54) is 0 Å². The minimum atomic E-state index is -1.11. The minimum Gasteiger partial charge on any atom is -0.309 e. The lowest BCUT2D eigenvalue weighted by Gasteiger charge is -2.28. The average Bonchev–Trinajstić information content (AvgIpc) is 3.49. The maximum absolute atomic E-state index is 13.7. The minimum absolute atomic E-state index is 0.330. The van der Waals surface area contributed by atoms with Gasteiger partial charge in [-0.3, -0.25) is 28.9 Å². The number of pyridine rings is 2. The van der Waals surface area contributed by atoms with Crippen molar-refractivity contribution in [2.75, 3.05) is 22.2 Å². The van der Waals surface area contributed by atoms with Crippen molar-refractivity contribution in [3.05, 3.63) is 114 Å².